The van der Waals surface area contributed by atoms with Crippen molar-refractivity contribution >= 4 is 22.6 Å². The average molecular weight is 377 g/mol. The number of nitrogens with one attached hydrogen (secondary N) is 1. The van der Waals surface area contributed by atoms with E-state index < -0.39 is 0 Å². The van der Waals surface area contributed by atoms with Crippen LogP contribution < -0.4 is 10.2 Å². The third kappa shape index (κ3) is 5.00. The molecular weight excluding hydrogens is 351 g/mol. The molecule has 1 aromatic carbocycles. The predicted molar refractivity (Wildman–Crippen MR) is 102 cm³/mol. The van der Waals surface area contributed by atoms with Gasteiger partial charge in [-0.05, 0) is 36.5 Å². The van der Waals surface area contributed by atoms with Crippen molar-refractivity contribution < 1.29 is 9.18 Å². The number of aromatic nitrogens is 2. The molecule has 1 fully saturated rings. The van der Waals surface area contributed by atoms with Gasteiger partial charge in [-0.3, -0.25) is 4.79 Å². The Kier molecular flexibility index (Phi) is 6.19. The molecule has 0 saturated carbocycles. The van der Waals surface area contributed by atoms with Crippen molar-refractivity contribution in [3.8, 4) is 0 Å². The van der Waals surface area contributed by atoms with Crippen molar-refractivity contribution in [2.75, 3.05) is 24.5 Å². The Morgan fingerprint density at radius 2 is 2.00 bits per heavy atom. The summed E-state index contributed by atoms with van der Waals surface area (Å²) in [4.78, 5) is 19.0. The number of halogens is 1. The standard InChI is InChI=1S/C19H25FN4OS/c1-13(2)12-21-18(25)15-7-9-24(10-8-15)19-22-17(23-26-19)11-14-3-5-16(20)6-4-14/h3-6,13,15H,7-12H2,1-2H3,(H,21,25). The van der Waals surface area contributed by atoms with E-state index in [2.05, 4.69) is 33.4 Å². The van der Waals surface area contributed by atoms with Crippen molar-refractivity contribution in [3.05, 3.63) is 41.5 Å². The van der Waals surface area contributed by atoms with Crippen molar-refractivity contribution in [2.45, 2.75) is 33.1 Å². The van der Waals surface area contributed by atoms with Crippen LogP contribution >= 0.6 is 11.5 Å². The van der Waals surface area contributed by atoms with Crippen LogP contribution in [0.2, 0.25) is 0 Å². The van der Waals surface area contributed by atoms with Crippen LogP contribution in [0.3, 0.4) is 0 Å². The molecule has 140 valence electrons. The smallest absolute Gasteiger partial charge is 0.223 e. The summed E-state index contributed by atoms with van der Waals surface area (Å²) in [5, 5.41) is 3.94. The number of amides is 1. The number of anilines is 1. The fourth-order valence-corrected chi connectivity index (χ4v) is 3.75. The van der Waals surface area contributed by atoms with Gasteiger partial charge in [0.15, 0.2) is 0 Å². The fraction of sp³-hybridized carbons (Fsp3) is 0.526. The lowest BCUT2D eigenvalue weighted by molar-refractivity contribution is -0.125. The molecule has 1 saturated heterocycles. The molecule has 0 radical (unpaired) electrons. The molecule has 1 N–H and O–H groups in total. The van der Waals surface area contributed by atoms with Crippen LogP contribution in [0.1, 0.15) is 38.1 Å². The topological polar surface area (TPSA) is 58.1 Å². The van der Waals surface area contributed by atoms with Gasteiger partial charge in [-0.25, -0.2) is 9.37 Å². The van der Waals surface area contributed by atoms with Gasteiger partial charge in [0, 0.05) is 43.5 Å². The van der Waals surface area contributed by atoms with Crippen molar-refractivity contribution in [2.24, 2.45) is 11.8 Å². The number of rotatable bonds is 6. The van der Waals surface area contributed by atoms with E-state index in [-0.39, 0.29) is 17.6 Å². The molecule has 1 aliphatic heterocycles. The molecule has 0 atom stereocenters. The van der Waals surface area contributed by atoms with E-state index in [1.807, 2.05) is 0 Å². The lowest BCUT2D eigenvalue weighted by Crippen LogP contribution is -2.41. The second-order valence-corrected chi connectivity index (χ2v) is 7.93. The minimum absolute atomic E-state index is 0.0941. The Balaban J connectivity index is 1.51. The van der Waals surface area contributed by atoms with Gasteiger partial charge in [-0.1, -0.05) is 26.0 Å². The highest BCUT2D eigenvalue weighted by Crippen LogP contribution is 2.25. The van der Waals surface area contributed by atoms with Gasteiger partial charge in [-0.15, -0.1) is 0 Å². The Bertz CT molecular complexity index is 723. The lowest BCUT2D eigenvalue weighted by Gasteiger charge is -2.30. The molecule has 0 bridgehead atoms. The molecule has 0 spiro atoms. The molecule has 0 aliphatic carbocycles. The predicted octanol–water partition coefficient (Wildman–Crippen LogP) is 3.26. The molecule has 7 heteroatoms. The molecule has 0 unspecified atom stereocenters. The molecule has 3 rings (SSSR count). The Hall–Kier alpha value is -2.02. The maximum absolute atomic E-state index is 13.0. The van der Waals surface area contributed by atoms with Gasteiger partial charge in [0.2, 0.25) is 11.0 Å². The second-order valence-electron chi connectivity index (χ2n) is 7.20. The van der Waals surface area contributed by atoms with Crippen LogP contribution in [-0.4, -0.2) is 34.9 Å². The van der Waals surface area contributed by atoms with Crippen molar-refractivity contribution in [1.29, 1.82) is 0 Å². The third-order valence-corrected chi connectivity index (χ3v) is 5.37. The highest BCUT2D eigenvalue weighted by atomic mass is 32.1. The van der Waals surface area contributed by atoms with E-state index in [0.29, 0.717) is 12.3 Å². The first-order valence-corrected chi connectivity index (χ1v) is 9.88. The number of nitrogens with zero attached hydrogens (tertiary/aromatic N) is 3. The van der Waals surface area contributed by atoms with Crippen LogP contribution in [0.4, 0.5) is 9.52 Å². The molecule has 1 aromatic heterocycles. The summed E-state index contributed by atoms with van der Waals surface area (Å²) >= 11 is 1.39. The summed E-state index contributed by atoms with van der Waals surface area (Å²) in [7, 11) is 0. The van der Waals surface area contributed by atoms with Crippen LogP contribution in [0, 0.1) is 17.7 Å². The van der Waals surface area contributed by atoms with Gasteiger partial charge >= 0.3 is 0 Å². The Labute approximate surface area is 157 Å². The third-order valence-electron chi connectivity index (χ3n) is 4.55. The van der Waals surface area contributed by atoms with Crippen molar-refractivity contribution in [1.82, 2.24) is 14.7 Å². The zero-order chi connectivity index (χ0) is 18.5. The van der Waals surface area contributed by atoms with Crippen molar-refractivity contribution in [3.63, 3.8) is 0 Å². The highest BCUT2D eigenvalue weighted by Gasteiger charge is 2.26. The lowest BCUT2D eigenvalue weighted by atomic mass is 9.96. The maximum atomic E-state index is 13.0. The zero-order valence-electron chi connectivity index (χ0n) is 15.2. The number of hydrogen-bond acceptors (Lipinski definition) is 5. The maximum Gasteiger partial charge on any atom is 0.223 e. The molecule has 26 heavy (non-hydrogen) atoms. The van der Waals surface area contributed by atoms with E-state index in [4.69, 9.17) is 0 Å². The van der Waals surface area contributed by atoms with Crippen LogP contribution in [0.15, 0.2) is 24.3 Å². The summed E-state index contributed by atoms with van der Waals surface area (Å²) in [6, 6.07) is 6.43. The van der Waals surface area contributed by atoms with Gasteiger partial charge < -0.3 is 10.2 Å². The minimum Gasteiger partial charge on any atom is -0.356 e. The molecule has 5 nitrogen and oxygen atoms in total. The first kappa shape index (κ1) is 18.8. The van der Waals surface area contributed by atoms with E-state index in [1.165, 1.54) is 23.7 Å². The van der Waals surface area contributed by atoms with E-state index >= 15 is 0 Å². The number of piperidine rings is 1. The number of benzene rings is 1. The van der Waals surface area contributed by atoms with Gasteiger partial charge in [0.1, 0.15) is 11.6 Å². The quantitative estimate of drug-likeness (QED) is 0.841. The Morgan fingerprint density at radius 3 is 2.65 bits per heavy atom. The number of carbonyl (C=O) groups excluding carboxylic acids is 1. The summed E-state index contributed by atoms with van der Waals surface area (Å²) in [5.41, 5.74) is 0.997. The van der Waals surface area contributed by atoms with Crippen LogP contribution in [0.25, 0.3) is 0 Å². The molecule has 1 amide bonds. The summed E-state index contributed by atoms with van der Waals surface area (Å²) in [5.74, 6) is 1.26. The molecule has 1 aliphatic rings. The van der Waals surface area contributed by atoms with Gasteiger partial charge in [0.05, 0.1) is 0 Å². The van der Waals surface area contributed by atoms with Gasteiger partial charge in [-0.2, -0.15) is 4.37 Å². The Morgan fingerprint density at radius 1 is 1.31 bits per heavy atom. The normalized spacial score (nSPS) is 15.5. The number of hydrogen-bond donors (Lipinski definition) is 1. The summed E-state index contributed by atoms with van der Waals surface area (Å²) in [6.07, 6.45) is 2.29. The minimum atomic E-state index is -0.235. The first-order chi connectivity index (χ1) is 12.5. The van der Waals surface area contributed by atoms with Crippen LogP contribution in [0.5, 0.6) is 0 Å². The van der Waals surface area contributed by atoms with E-state index in [0.717, 1.165) is 49.0 Å². The largest absolute Gasteiger partial charge is 0.356 e. The van der Waals surface area contributed by atoms with E-state index in [9.17, 15) is 9.18 Å². The zero-order valence-corrected chi connectivity index (χ0v) is 16.1. The van der Waals surface area contributed by atoms with E-state index in [1.54, 1.807) is 12.1 Å². The molecule has 2 aromatic rings. The summed E-state index contributed by atoms with van der Waals surface area (Å²) in [6.45, 7) is 6.59. The first-order valence-electron chi connectivity index (χ1n) is 9.11. The second kappa shape index (κ2) is 8.58. The summed E-state index contributed by atoms with van der Waals surface area (Å²) < 4.78 is 17.4. The monoisotopic (exact) mass is 376 g/mol. The van der Waals surface area contributed by atoms with Gasteiger partial charge in [0.25, 0.3) is 0 Å². The molecular formula is C19H25FN4OS. The average Bonchev–Trinajstić information content (AvgIpc) is 3.10. The fourth-order valence-electron chi connectivity index (χ4n) is 3.01. The number of carbonyl (C=O) groups is 1. The van der Waals surface area contributed by atoms with Crippen LogP contribution in [-0.2, 0) is 11.2 Å². The SMILES string of the molecule is CC(C)CNC(=O)C1CCN(c2nc(Cc3ccc(F)cc3)ns2)CC1. The molecule has 2 heterocycles. The highest BCUT2D eigenvalue weighted by molar-refractivity contribution is 7.09.